The first-order valence-electron chi connectivity index (χ1n) is 10.0. The highest BCUT2D eigenvalue weighted by Crippen LogP contribution is 2.46. The summed E-state index contributed by atoms with van der Waals surface area (Å²) in [5.74, 6) is 0.945. The third kappa shape index (κ3) is 3.40. The van der Waals surface area contributed by atoms with Crippen molar-refractivity contribution in [2.75, 3.05) is 18.0 Å². The Kier molecular flexibility index (Phi) is 5.14. The first-order chi connectivity index (χ1) is 14.1. The highest BCUT2D eigenvalue weighted by Gasteiger charge is 2.43. The van der Waals surface area contributed by atoms with Crippen molar-refractivity contribution in [3.05, 3.63) is 46.8 Å². The zero-order valence-electron chi connectivity index (χ0n) is 16.0. The molecule has 0 radical (unpaired) electrons. The summed E-state index contributed by atoms with van der Waals surface area (Å²) in [6.07, 6.45) is 11.7. The van der Waals surface area contributed by atoms with Crippen LogP contribution in [0, 0.1) is 5.41 Å². The van der Waals surface area contributed by atoms with Gasteiger partial charge < -0.3 is 10.6 Å². The Hall–Kier alpha value is -1.47. The van der Waals surface area contributed by atoms with Gasteiger partial charge in [0.25, 0.3) is 0 Å². The number of anilines is 1. The van der Waals surface area contributed by atoms with Crippen molar-refractivity contribution < 1.29 is 0 Å². The van der Waals surface area contributed by atoms with E-state index in [1.165, 1.54) is 31.0 Å². The van der Waals surface area contributed by atoms with E-state index in [2.05, 4.69) is 14.3 Å². The van der Waals surface area contributed by atoms with Crippen molar-refractivity contribution in [1.29, 1.82) is 0 Å². The fourth-order valence-corrected chi connectivity index (χ4v) is 6.21. The van der Waals surface area contributed by atoms with Gasteiger partial charge in [0.05, 0.1) is 14.9 Å². The molecule has 2 aromatic heterocycles. The van der Waals surface area contributed by atoms with Crippen LogP contribution in [0.4, 0.5) is 5.95 Å². The van der Waals surface area contributed by atoms with E-state index in [1.54, 1.807) is 6.07 Å². The van der Waals surface area contributed by atoms with Gasteiger partial charge in [-0.1, -0.05) is 47.5 Å². The van der Waals surface area contributed by atoms with Gasteiger partial charge in [-0.3, -0.25) is 4.40 Å². The van der Waals surface area contributed by atoms with E-state index in [9.17, 15) is 0 Å². The van der Waals surface area contributed by atoms with Crippen molar-refractivity contribution in [1.82, 2.24) is 14.4 Å². The number of nitrogens with two attached hydrogens (primary N) is 1. The topological polar surface area (TPSA) is 59.5 Å². The minimum absolute atomic E-state index is 0.337. The molecule has 0 amide bonds. The Balaban J connectivity index is 1.42. The molecule has 1 saturated heterocycles. The molecule has 1 spiro atoms. The van der Waals surface area contributed by atoms with Crippen molar-refractivity contribution in [2.45, 2.75) is 47.9 Å². The predicted molar refractivity (Wildman–Crippen MR) is 119 cm³/mol. The molecule has 1 aliphatic heterocycles. The molecular weight excluding hydrogens is 425 g/mol. The Morgan fingerprint density at radius 1 is 1.10 bits per heavy atom. The Labute approximate surface area is 184 Å². The molecule has 8 heteroatoms. The summed E-state index contributed by atoms with van der Waals surface area (Å²) in [7, 11) is 0. The molecule has 5 rings (SSSR count). The lowest BCUT2D eigenvalue weighted by atomic mass is 9.74. The van der Waals surface area contributed by atoms with E-state index in [-0.39, 0.29) is 0 Å². The summed E-state index contributed by atoms with van der Waals surface area (Å²) in [6.45, 7) is 1.97. The second kappa shape index (κ2) is 7.65. The number of nitrogens with zero attached hydrogens (tertiary/aromatic N) is 4. The summed E-state index contributed by atoms with van der Waals surface area (Å²) in [5.41, 5.74) is 7.67. The highest BCUT2D eigenvalue weighted by atomic mass is 35.5. The molecule has 29 heavy (non-hydrogen) atoms. The molecular formula is C21H23Cl2N5S. The number of hydrogen-bond donors (Lipinski definition) is 1. The summed E-state index contributed by atoms with van der Waals surface area (Å²) >= 11 is 14.1. The maximum absolute atomic E-state index is 6.45. The zero-order chi connectivity index (χ0) is 20.0. The Morgan fingerprint density at radius 3 is 2.69 bits per heavy atom. The van der Waals surface area contributed by atoms with Crippen molar-refractivity contribution in [3.8, 4) is 0 Å². The van der Waals surface area contributed by atoms with Crippen LogP contribution in [-0.4, -0.2) is 33.5 Å². The summed E-state index contributed by atoms with van der Waals surface area (Å²) in [4.78, 5) is 13.6. The van der Waals surface area contributed by atoms with Gasteiger partial charge in [0.2, 0.25) is 5.95 Å². The third-order valence-electron chi connectivity index (χ3n) is 6.53. The van der Waals surface area contributed by atoms with Crippen LogP contribution in [-0.2, 0) is 0 Å². The van der Waals surface area contributed by atoms with Gasteiger partial charge in [-0.15, -0.1) is 0 Å². The second-order valence-electron chi connectivity index (χ2n) is 8.05. The lowest BCUT2D eigenvalue weighted by Gasteiger charge is -2.42. The highest BCUT2D eigenvalue weighted by molar-refractivity contribution is 7.99. The lowest BCUT2D eigenvalue weighted by Crippen LogP contribution is -2.47. The average molecular weight is 448 g/mol. The van der Waals surface area contributed by atoms with Crippen LogP contribution in [0.15, 0.2) is 46.6 Å². The first kappa shape index (κ1) is 19.5. The van der Waals surface area contributed by atoms with Crippen molar-refractivity contribution in [2.24, 2.45) is 11.1 Å². The van der Waals surface area contributed by atoms with E-state index < -0.39 is 0 Å². The fourth-order valence-electron chi connectivity index (χ4n) is 4.81. The maximum atomic E-state index is 6.45. The minimum atomic E-state index is 0.337. The molecule has 0 unspecified atom stereocenters. The van der Waals surface area contributed by atoms with E-state index in [0.717, 1.165) is 47.3 Å². The molecule has 2 N–H and O–H groups in total. The number of piperidine rings is 1. The summed E-state index contributed by atoms with van der Waals surface area (Å²) < 4.78 is 2.08. The van der Waals surface area contributed by atoms with E-state index in [0.29, 0.717) is 21.5 Å². The number of rotatable bonds is 3. The predicted octanol–water partition coefficient (Wildman–Crippen LogP) is 5.29. The summed E-state index contributed by atoms with van der Waals surface area (Å²) in [5, 5.41) is 1.11. The van der Waals surface area contributed by atoms with Gasteiger partial charge >= 0.3 is 0 Å². The molecule has 2 fully saturated rings. The smallest absolute Gasteiger partial charge is 0.211 e. The third-order valence-corrected chi connectivity index (χ3v) is 8.53. The second-order valence-corrected chi connectivity index (χ2v) is 9.91. The van der Waals surface area contributed by atoms with Crippen LogP contribution in [0.2, 0.25) is 10.0 Å². The molecule has 3 heterocycles. The standard InChI is InChI=1S/C21H23Cl2N5S/c22-14-3-1-4-15(18(14)23)29-16-13-26-20(28-12-9-25-19(16)28)27-10-7-21(8-11-27)6-2-5-17(21)24/h1,3-4,9,12-13,17H,2,5-8,10-11,24H2/t17-/m0/s1. The normalized spacial score (nSPS) is 21.3. The lowest BCUT2D eigenvalue weighted by molar-refractivity contribution is 0.197. The molecule has 1 saturated carbocycles. The average Bonchev–Trinajstić information content (AvgIpc) is 3.35. The molecule has 0 bridgehead atoms. The quantitative estimate of drug-likeness (QED) is 0.591. The fraction of sp³-hybridized carbons (Fsp3) is 0.429. The van der Waals surface area contributed by atoms with E-state index in [4.69, 9.17) is 33.9 Å². The number of aromatic nitrogens is 3. The first-order valence-corrected chi connectivity index (χ1v) is 11.6. The number of halogens is 2. The van der Waals surface area contributed by atoms with Gasteiger partial charge in [0.15, 0.2) is 5.65 Å². The molecule has 1 atom stereocenters. The van der Waals surface area contributed by atoms with Crippen LogP contribution in [0.3, 0.4) is 0 Å². The van der Waals surface area contributed by atoms with E-state index in [1.807, 2.05) is 30.7 Å². The Morgan fingerprint density at radius 2 is 1.93 bits per heavy atom. The van der Waals surface area contributed by atoms with Crippen LogP contribution >= 0.6 is 35.0 Å². The van der Waals surface area contributed by atoms with Gasteiger partial charge in [-0.25, -0.2) is 9.97 Å². The SMILES string of the molecule is N[C@H]1CCCC12CCN(c1ncc(Sc3cccc(Cl)c3Cl)c3nccn13)CC2. The number of hydrogen-bond acceptors (Lipinski definition) is 5. The van der Waals surface area contributed by atoms with Crippen LogP contribution in [0.25, 0.3) is 5.65 Å². The monoisotopic (exact) mass is 447 g/mol. The number of benzene rings is 1. The maximum Gasteiger partial charge on any atom is 0.211 e. The molecule has 1 aromatic carbocycles. The molecule has 3 aromatic rings. The Bertz CT molecular complexity index is 1040. The largest absolute Gasteiger partial charge is 0.342 e. The van der Waals surface area contributed by atoms with Gasteiger partial charge in [-0.05, 0) is 43.2 Å². The molecule has 152 valence electrons. The number of imidazole rings is 1. The summed E-state index contributed by atoms with van der Waals surface area (Å²) in [6, 6.07) is 6.01. The van der Waals surface area contributed by atoms with Gasteiger partial charge in [-0.2, -0.15) is 0 Å². The molecule has 2 aliphatic rings. The number of fused-ring (bicyclic) bond motifs is 1. The van der Waals surface area contributed by atoms with Crippen LogP contribution in [0.5, 0.6) is 0 Å². The van der Waals surface area contributed by atoms with Crippen LogP contribution < -0.4 is 10.6 Å². The molecule has 1 aliphatic carbocycles. The van der Waals surface area contributed by atoms with Crippen LogP contribution in [0.1, 0.15) is 32.1 Å². The van der Waals surface area contributed by atoms with Gasteiger partial charge in [0.1, 0.15) is 0 Å². The zero-order valence-corrected chi connectivity index (χ0v) is 18.3. The molecule has 5 nitrogen and oxygen atoms in total. The van der Waals surface area contributed by atoms with Crippen molar-refractivity contribution >= 4 is 46.6 Å². The van der Waals surface area contributed by atoms with Gasteiger partial charge in [0, 0.05) is 42.6 Å². The minimum Gasteiger partial charge on any atom is -0.342 e. The van der Waals surface area contributed by atoms with Crippen molar-refractivity contribution in [3.63, 3.8) is 0 Å². The van der Waals surface area contributed by atoms with E-state index >= 15 is 0 Å².